The van der Waals surface area contributed by atoms with Crippen LogP contribution in [-0.2, 0) is 24.2 Å². The normalized spacial score (nSPS) is 16.0. The number of hydrogen-bond acceptors (Lipinski definition) is 7. The van der Waals surface area contributed by atoms with Gasteiger partial charge in [0.1, 0.15) is 17.9 Å². The van der Waals surface area contributed by atoms with Crippen LogP contribution in [-0.4, -0.2) is 52.8 Å². The molecule has 2 aromatic heterocycles. The minimum Gasteiger partial charge on any atom is -0.497 e. The fraction of sp³-hybridized carbons (Fsp3) is 0.389. The van der Waals surface area contributed by atoms with Crippen LogP contribution in [0.25, 0.3) is 22.4 Å². The molecule has 0 spiro atoms. The minimum absolute atomic E-state index is 0.0298. The predicted molar refractivity (Wildman–Crippen MR) is 174 cm³/mol. The summed E-state index contributed by atoms with van der Waals surface area (Å²) >= 11 is 0. The number of hydrogen-bond donors (Lipinski definition) is 1. The van der Waals surface area contributed by atoms with E-state index in [9.17, 15) is 9.90 Å². The first-order valence-electron chi connectivity index (χ1n) is 15.4. The van der Waals surface area contributed by atoms with Gasteiger partial charge in [0.05, 0.1) is 24.9 Å². The lowest BCUT2D eigenvalue weighted by Gasteiger charge is -2.40. The van der Waals surface area contributed by atoms with E-state index in [4.69, 9.17) is 9.72 Å². The highest BCUT2D eigenvalue weighted by Crippen LogP contribution is 2.42. The molecule has 0 radical (unpaired) electrons. The number of aryl methyl sites for hydroxylation is 2. The largest absolute Gasteiger partial charge is 0.497 e. The Morgan fingerprint density at radius 2 is 1.73 bits per heavy atom. The van der Waals surface area contributed by atoms with E-state index in [1.807, 2.05) is 37.3 Å². The van der Waals surface area contributed by atoms with E-state index in [1.54, 1.807) is 13.4 Å². The fourth-order valence-corrected chi connectivity index (χ4v) is 6.63. The average molecular weight is 592 g/mol. The average Bonchev–Trinajstić information content (AvgIpc) is 3.02. The molecule has 4 heterocycles. The quantitative estimate of drug-likeness (QED) is 0.256. The molecule has 6 rings (SSSR count). The van der Waals surface area contributed by atoms with Crippen molar-refractivity contribution in [3.8, 4) is 28.1 Å². The Hall–Kier alpha value is -4.46. The van der Waals surface area contributed by atoms with Crippen molar-refractivity contribution in [2.75, 3.05) is 36.5 Å². The van der Waals surface area contributed by atoms with Crippen LogP contribution < -0.4 is 14.5 Å². The van der Waals surface area contributed by atoms with Gasteiger partial charge in [-0.1, -0.05) is 44.2 Å². The Morgan fingerprint density at radius 3 is 2.48 bits per heavy atom. The highest BCUT2D eigenvalue weighted by atomic mass is 16.5. The van der Waals surface area contributed by atoms with Crippen molar-refractivity contribution >= 4 is 17.5 Å². The summed E-state index contributed by atoms with van der Waals surface area (Å²) < 4.78 is 5.40. The number of carbonyl (C=O) groups is 1. The molecule has 4 aromatic rings. The molecule has 2 aliphatic rings. The standard InChI is InChI=1S/C36H41N5O3/c1-23-30(19-33(42)43)35(40-15-12-36(3,4)13-16-40)34(24(2)39-23)27-9-10-28-21-41(14-11-25(28)17-27)32-20-31(37-22-38-32)26-7-6-8-29(18-26)44-5/h6-10,17-18,20,22H,11-16,19,21H2,1-5H3,(H,42,43). The second kappa shape index (κ2) is 11.9. The lowest BCUT2D eigenvalue weighted by Crippen LogP contribution is -2.38. The molecule has 1 fully saturated rings. The van der Waals surface area contributed by atoms with Crippen LogP contribution in [0.15, 0.2) is 54.9 Å². The summed E-state index contributed by atoms with van der Waals surface area (Å²) in [6.45, 7) is 12.1. The van der Waals surface area contributed by atoms with Crippen LogP contribution in [0, 0.1) is 19.3 Å². The second-order valence-corrected chi connectivity index (χ2v) is 12.9. The minimum atomic E-state index is -0.826. The summed E-state index contributed by atoms with van der Waals surface area (Å²) in [4.78, 5) is 30.7. The molecule has 0 atom stereocenters. The Kier molecular flexibility index (Phi) is 8.01. The summed E-state index contributed by atoms with van der Waals surface area (Å²) in [6, 6.07) is 16.7. The lowest BCUT2D eigenvalue weighted by molar-refractivity contribution is -0.136. The highest BCUT2D eigenvalue weighted by molar-refractivity contribution is 5.86. The molecular formula is C36H41N5O3. The molecule has 8 nitrogen and oxygen atoms in total. The molecule has 0 amide bonds. The van der Waals surface area contributed by atoms with Crippen molar-refractivity contribution in [2.45, 2.75) is 59.9 Å². The van der Waals surface area contributed by atoms with Gasteiger partial charge in [0.2, 0.25) is 0 Å². The maximum absolute atomic E-state index is 12.0. The Morgan fingerprint density at radius 1 is 0.932 bits per heavy atom. The Bertz CT molecular complexity index is 1710. The first-order valence-corrected chi connectivity index (χ1v) is 15.4. The molecule has 2 aliphatic heterocycles. The maximum Gasteiger partial charge on any atom is 0.307 e. The molecular weight excluding hydrogens is 550 g/mol. The molecule has 44 heavy (non-hydrogen) atoms. The molecule has 0 saturated carbocycles. The zero-order chi connectivity index (χ0) is 31.0. The number of ether oxygens (including phenoxy) is 1. The first kappa shape index (κ1) is 29.6. The highest BCUT2D eigenvalue weighted by Gasteiger charge is 2.30. The third-order valence-corrected chi connectivity index (χ3v) is 9.27. The lowest BCUT2D eigenvalue weighted by atomic mass is 9.82. The van der Waals surface area contributed by atoms with Gasteiger partial charge in [0.15, 0.2) is 0 Å². The van der Waals surface area contributed by atoms with Gasteiger partial charge < -0.3 is 19.6 Å². The smallest absolute Gasteiger partial charge is 0.307 e. The maximum atomic E-state index is 12.0. The number of piperidine rings is 1. The van der Waals surface area contributed by atoms with Gasteiger partial charge in [-0.2, -0.15) is 0 Å². The van der Waals surface area contributed by atoms with Crippen molar-refractivity contribution in [2.24, 2.45) is 5.41 Å². The van der Waals surface area contributed by atoms with E-state index in [0.29, 0.717) is 0 Å². The van der Waals surface area contributed by atoms with Crippen LogP contribution in [0.5, 0.6) is 5.75 Å². The number of carboxylic acids is 1. The van der Waals surface area contributed by atoms with Crippen LogP contribution in [0.4, 0.5) is 11.5 Å². The molecule has 0 bridgehead atoms. The summed E-state index contributed by atoms with van der Waals surface area (Å²) in [5, 5.41) is 9.84. The Balaban J connectivity index is 1.32. The number of aromatic nitrogens is 3. The van der Waals surface area contributed by atoms with E-state index in [-0.39, 0.29) is 11.8 Å². The van der Waals surface area contributed by atoms with Crippen molar-refractivity contribution in [1.82, 2.24) is 15.0 Å². The van der Waals surface area contributed by atoms with Crippen molar-refractivity contribution in [3.05, 3.63) is 82.9 Å². The van der Waals surface area contributed by atoms with Crippen LogP contribution in [0.3, 0.4) is 0 Å². The molecule has 228 valence electrons. The second-order valence-electron chi connectivity index (χ2n) is 12.9. The number of fused-ring (bicyclic) bond motifs is 1. The zero-order valence-corrected chi connectivity index (χ0v) is 26.4. The van der Waals surface area contributed by atoms with Crippen LogP contribution in [0.1, 0.15) is 54.8 Å². The number of aliphatic carboxylic acids is 1. The van der Waals surface area contributed by atoms with Gasteiger partial charge in [0.25, 0.3) is 0 Å². The van der Waals surface area contributed by atoms with Gasteiger partial charge in [-0.25, -0.2) is 9.97 Å². The van der Waals surface area contributed by atoms with Crippen molar-refractivity contribution in [3.63, 3.8) is 0 Å². The van der Waals surface area contributed by atoms with Crippen LogP contribution in [0.2, 0.25) is 0 Å². The Labute approximate surface area is 259 Å². The monoisotopic (exact) mass is 591 g/mol. The number of carboxylic acid groups (broad SMARTS) is 1. The van der Waals surface area contributed by atoms with Gasteiger partial charge >= 0.3 is 5.97 Å². The summed E-state index contributed by atoms with van der Waals surface area (Å²) in [7, 11) is 1.67. The molecule has 1 N–H and O–H groups in total. The predicted octanol–water partition coefficient (Wildman–Crippen LogP) is 6.65. The molecule has 8 heteroatoms. The zero-order valence-electron chi connectivity index (χ0n) is 26.4. The topological polar surface area (TPSA) is 91.7 Å². The van der Waals surface area contributed by atoms with E-state index in [1.165, 1.54) is 11.1 Å². The van der Waals surface area contributed by atoms with Gasteiger partial charge in [0, 0.05) is 60.3 Å². The number of anilines is 2. The number of benzene rings is 2. The van der Waals surface area contributed by atoms with Gasteiger partial charge in [-0.15, -0.1) is 0 Å². The van der Waals surface area contributed by atoms with Crippen molar-refractivity contribution in [1.29, 1.82) is 0 Å². The summed E-state index contributed by atoms with van der Waals surface area (Å²) in [6.07, 6.45) is 4.63. The van der Waals surface area contributed by atoms with E-state index < -0.39 is 5.97 Å². The summed E-state index contributed by atoms with van der Waals surface area (Å²) in [5.41, 5.74) is 10.5. The molecule has 0 unspecified atom stereocenters. The number of methoxy groups -OCH3 is 1. The fourth-order valence-electron chi connectivity index (χ4n) is 6.63. The summed E-state index contributed by atoms with van der Waals surface area (Å²) in [5.74, 6) is 0.875. The van der Waals surface area contributed by atoms with Gasteiger partial charge in [-0.3, -0.25) is 9.78 Å². The van der Waals surface area contributed by atoms with Gasteiger partial charge in [-0.05, 0) is 67.3 Å². The van der Waals surface area contributed by atoms with E-state index in [2.05, 4.69) is 58.7 Å². The number of nitrogens with zero attached hydrogens (tertiary/aromatic N) is 5. The van der Waals surface area contributed by atoms with E-state index >= 15 is 0 Å². The van der Waals surface area contributed by atoms with Crippen molar-refractivity contribution < 1.29 is 14.6 Å². The molecule has 2 aromatic carbocycles. The molecule has 1 saturated heterocycles. The number of rotatable bonds is 7. The SMILES string of the molecule is COc1cccc(-c2cc(N3CCc4cc(-c5c(C)nc(C)c(CC(=O)O)c5N5CCC(C)(C)CC5)ccc4C3)ncn2)c1. The number of pyridine rings is 1. The third kappa shape index (κ3) is 5.98. The third-order valence-electron chi connectivity index (χ3n) is 9.27. The van der Waals surface area contributed by atoms with Crippen LogP contribution >= 0.6 is 0 Å². The van der Waals surface area contributed by atoms with E-state index in [0.717, 1.165) is 102 Å². The first-order chi connectivity index (χ1) is 21.1. The molecule has 0 aliphatic carbocycles.